The zero-order valence-electron chi connectivity index (χ0n) is 10.4. The first-order valence-corrected chi connectivity index (χ1v) is 6.65. The number of aromatic nitrogens is 1. The molecule has 0 saturated heterocycles. The van der Waals surface area contributed by atoms with E-state index >= 15 is 0 Å². The van der Waals surface area contributed by atoms with E-state index in [2.05, 4.69) is 17.1 Å². The van der Waals surface area contributed by atoms with E-state index in [1.807, 2.05) is 18.2 Å². The monoisotopic (exact) mass is 239 g/mol. The number of nitrogens with one attached hydrogen (secondary N) is 1. The number of aromatic amines is 1. The number of benzene rings is 1. The van der Waals surface area contributed by atoms with Crippen LogP contribution in [0.3, 0.4) is 0 Å². The van der Waals surface area contributed by atoms with Crippen LogP contribution in [0.1, 0.15) is 30.4 Å². The predicted molar refractivity (Wildman–Crippen MR) is 73.8 cm³/mol. The summed E-state index contributed by atoms with van der Waals surface area (Å²) in [7, 11) is 0. The molecule has 2 heteroatoms. The number of aryl methyl sites for hydroxylation is 1. The largest absolute Gasteiger partial charge is 0.322 e. The third-order valence-electron chi connectivity index (χ3n) is 3.68. The maximum atomic E-state index is 11.8. The SMILES string of the molecule is O=c1cc2c(c(-c3ccccc3)[nH]1)CCCCC2. The molecule has 1 heterocycles. The summed E-state index contributed by atoms with van der Waals surface area (Å²) in [5.74, 6) is 0. The van der Waals surface area contributed by atoms with E-state index in [-0.39, 0.29) is 5.56 Å². The summed E-state index contributed by atoms with van der Waals surface area (Å²) in [6, 6.07) is 12.0. The molecule has 1 N–H and O–H groups in total. The van der Waals surface area contributed by atoms with E-state index in [0.29, 0.717) is 0 Å². The molecule has 92 valence electrons. The minimum Gasteiger partial charge on any atom is -0.322 e. The van der Waals surface area contributed by atoms with E-state index in [1.54, 1.807) is 6.07 Å². The van der Waals surface area contributed by atoms with Crippen LogP contribution >= 0.6 is 0 Å². The number of hydrogen-bond donors (Lipinski definition) is 1. The molecule has 3 rings (SSSR count). The quantitative estimate of drug-likeness (QED) is 0.761. The van der Waals surface area contributed by atoms with Crippen molar-refractivity contribution in [1.82, 2.24) is 4.98 Å². The molecule has 0 atom stereocenters. The van der Waals surface area contributed by atoms with Crippen molar-refractivity contribution in [3.63, 3.8) is 0 Å². The van der Waals surface area contributed by atoms with E-state index in [1.165, 1.54) is 30.4 Å². The topological polar surface area (TPSA) is 32.9 Å². The highest BCUT2D eigenvalue weighted by Gasteiger charge is 2.14. The van der Waals surface area contributed by atoms with Crippen LogP contribution in [0.5, 0.6) is 0 Å². The average Bonchev–Trinajstić information content (AvgIpc) is 2.64. The molecule has 0 amide bonds. The van der Waals surface area contributed by atoms with Crippen molar-refractivity contribution in [1.29, 1.82) is 0 Å². The second-order valence-electron chi connectivity index (χ2n) is 4.94. The Morgan fingerprint density at radius 1 is 0.944 bits per heavy atom. The van der Waals surface area contributed by atoms with E-state index in [0.717, 1.165) is 24.1 Å². The minimum atomic E-state index is 0.0227. The van der Waals surface area contributed by atoms with Crippen LogP contribution in [-0.2, 0) is 12.8 Å². The van der Waals surface area contributed by atoms with E-state index in [9.17, 15) is 4.79 Å². The summed E-state index contributed by atoms with van der Waals surface area (Å²) in [6.45, 7) is 0. The molecule has 1 aromatic heterocycles. The van der Waals surface area contributed by atoms with E-state index in [4.69, 9.17) is 0 Å². The van der Waals surface area contributed by atoms with Gasteiger partial charge in [-0.05, 0) is 42.4 Å². The maximum Gasteiger partial charge on any atom is 0.248 e. The van der Waals surface area contributed by atoms with Gasteiger partial charge in [0.05, 0.1) is 5.69 Å². The number of fused-ring (bicyclic) bond motifs is 1. The summed E-state index contributed by atoms with van der Waals surface area (Å²) < 4.78 is 0. The fourth-order valence-corrected chi connectivity index (χ4v) is 2.79. The van der Waals surface area contributed by atoms with Crippen molar-refractivity contribution in [3.8, 4) is 11.3 Å². The van der Waals surface area contributed by atoms with Gasteiger partial charge in [-0.25, -0.2) is 0 Å². The van der Waals surface area contributed by atoms with Gasteiger partial charge >= 0.3 is 0 Å². The molecule has 0 fully saturated rings. The number of H-pyrrole nitrogens is 1. The summed E-state index contributed by atoms with van der Waals surface area (Å²) in [6.07, 6.45) is 5.80. The smallest absolute Gasteiger partial charge is 0.248 e. The van der Waals surface area contributed by atoms with Crippen molar-refractivity contribution in [3.05, 3.63) is 57.9 Å². The molecule has 2 nitrogen and oxygen atoms in total. The Morgan fingerprint density at radius 2 is 1.72 bits per heavy atom. The molecular weight excluding hydrogens is 222 g/mol. The average molecular weight is 239 g/mol. The first-order chi connectivity index (χ1) is 8.84. The molecule has 2 aromatic rings. The van der Waals surface area contributed by atoms with Crippen LogP contribution in [0.15, 0.2) is 41.2 Å². The molecule has 0 bridgehead atoms. The highest BCUT2D eigenvalue weighted by Crippen LogP contribution is 2.27. The number of hydrogen-bond acceptors (Lipinski definition) is 1. The molecule has 0 aliphatic heterocycles. The Hall–Kier alpha value is -1.83. The summed E-state index contributed by atoms with van der Waals surface area (Å²) in [5, 5.41) is 0. The van der Waals surface area contributed by atoms with Gasteiger partial charge in [-0.15, -0.1) is 0 Å². The molecule has 0 radical (unpaired) electrons. The van der Waals surface area contributed by atoms with Gasteiger partial charge in [0.1, 0.15) is 0 Å². The minimum absolute atomic E-state index is 0.0227. The lowest BCUT2D eigenvalue weighted by Gasteiger charge is -2.12. The lowest BCUT2D eigenvalue weighted by atomic mass is 9.97. The normalized spacial score (nSPS) is 14.9. The molecule has 1 aliphatic carbocycles. The lowest BCUT2D eigenvalue weighted by molar-refractivity contribution is 0.711. The fraction of sp³-hybridized carbons (Fsp3) is 0.312. The van der Waals surface area contributed by atoms with Gasteiger partial charge in [-0.2, -0.15) is 0 Å². The molecule has 1 aromatic carbocycles. The summed E-state index contributed by atoms with van der Waals surface area (Å²) in [5.41, 5.74) is 4.76. The van der Waals surface area contributed by atoms with Crippen LogP contribution in [0.25, 0.3) is 11.3 Å². The maximum absolute atomic E-state index is 11.8. The molecule has 0 spiro atoms. The third kappa shape index (κ3) is 2.10. The Labute approximate surface area is 107 Å². The second-order valence-corrected chi connectivity index (χ2v) is 4.94. The summed E-state index contributed by atoms with van der Waals surface area (Å²) in [4.78, 5) is 14.8. The first kappa shape index (κ1) is 11.3. The number of pyridine rings is 1. The molecule has 0 unspecified atom stereocenters. The van der Waals surface area contributed by atoms with Gasteiger partial charge < -0.3 is 4.98 Å². The van der Waals surface area contributed by atoms with Gasteiger partial charge in [0.15, 0.2) is 0 Å². The van der Waals surface area contributed by atoms with Crippen LogP contribution in [0.2, 0.25) is 0 Å². The van der Waals surface area contributed by atoms with Gasteiger partial charge in [-0.1, -0.05) is 36.8 Å². The van der Waals surface area contributed by atoms with E-state index < -0.39 is 0 Å². The fourth-order valence-electron chi connectivity index (χ4n) is 2.79. The molecular formula is C16H17NO. The zero-order valence-corrected chi connectivity index (χ0v) is 10.4. The lowest BCUT2D eigenvalue weighted by Crippen LogP contribution is -2.11. The molecule has 1 aliphatic rings. The van der Waals surface area contributed by atoms with Crippen molar-refractivity contribution < 1.29 is 0 Å². The third-order valence-corrected chi connectivity index (χ3v) is 3.68. The molecule has 0 saturated carbocycles. The van der Waals surface area contributed by atoms with Crippen molar-refractivity contribution in [2.75, 3.05) is 0 Å². The Kier molecular flexibility index (Phi) is 3.01. The van der Waals surface area contributed by atoms with Crippen molar-refractivity contribution in [2.45, 2.75) is 32.1 Å². The summed E-state index contributed by atoms with van der Waals surface area (Å²) >= 11 is 0. The first-order valence-electron chi connectivity index (χ1n) is 6.65. The Balaban J connectivity index is 2.20. The van der Waals surface area contributed by atoms with Crippen molar-refractivity contribution in [2.24, 2.45) is 0 Å². The highest BCUT2D eigenvalue weighted by atomic mass is 16.1. The van der Waals surface area contributed by atoms with Crippen LogP contribution in [0.4, 0.5) is 0 Å². The van der Waals surface area contributed by atoms with Gasteiger partial charge in [0.25, 0.3) is 0 Å². The van der Waals surface area contributed by atoms with Crippen molar-refractivity contribution >= 4 is 0 Å². The Morgan fingerprint density at radius 3 is 2.56 bits per heavy atom. The standard InChI is InChI=1S/C16H17NO/c18-15-11-13-9-5-2-6-10-14(13)16(17-15)12-7-3-1-4-8-12/h1,3-4,7-8,11H,2,5-6,9-10H2,(H,17,18). The highest BCUT2D eigenvalue weighted by molar-refractivity contribution is 5.64. The van der Waals surface area contributed by atoms with Crippen LogP contribution in [0, 0.1) is 0 Å². The molecule has 18 heavy (non-hydrogen) atoms. The predicted octanol–water partition coefficient (Wildman–Crippen LogP) is 3.31. The van der Waals surface area contributed by atoms with Crippen LogP contribution in [-0.4, -0.2) is 4.98 Å². The van der Waals surface area contributed by atoms with Crippen LogP contribution < -0.4 is 5.56 Å². The second kappa shape index (κ2) is 4.81. The van der Waals surface area contributed by atoms with Gasteiger partial charge in [0, 0.05) is 6.07 Å². The van der Waals surface area contributed by atoms with Gasteiger partial charge in [-0.3, -0.25) is 4.79 Å². The Bertz CT molecular complexity index is 598. The zero-order chi connectivity index (χ0) is 12.4. The number of rotatable bonds is 1. The van der Waals surface area contributed by atoms with Gasteiger partial charge in [0.2, 0.25) is 5.56 Å².